The highest BCUT2D eigenvalue weighted by atomic mass is 79.9. The monoisotopic (exact) mass is 381 g/mol. The van der Waals surface area contributed by atoms with E-state index >= 15 is 0 Å². The molecule has 110 valence electrons. The number of nitrogens with zero attached hydrogens (tertiary/aromatic N) is 3. The SMILES string of the molecule is COc1nc(C(=O)CBr)ccc1-n1cnc(C)c1.Cl.Cl. The van der Waals surface area contributed by atoms with Gasteiger partial charge in [-0.1, -0.05) is 15.9 Å². The number of hydrogen-bond acceptors (Lipinski definition) is 4. The van der Waals surface area contributed by atoms with Crippen LogP contribution >= 0.6 is 40.7 Å². The lowest BCUT2D eigenvalue weighted by atomic mass is 10.2. The molecule has 0 radical (unpaired) electrons. The fourth-order valence-electron chi connectivity index (χ4n) is 1.56. The molecule has 0 saturated heterocycles. The fourth-order valence-corrected chi connectivity index (χ4v) is 1.84. The Morgan fingerprint density at radius 3 is 2.60 bits per heavy atom. The molecule has 0 atom stereocenters. The summed E-state index contributed by atoms with van der Waals surface area (Å²) in [5.74, 6) is 0.320. The number of ether oxygens (including phenoxy) is 1. The second kappa shape index (κ2) is 8.24. The van der Waals surface area contributed by atoms with Gasteiger partial charge in [0.15, 0.2) is 5.78 Å². The number of hydrogen-bond donors (Lipinski definition) is 0. The summed E-state index contributed by atoms with van der Waals surface area (Å²) >= 11 is 3.12. The molecule has 2 aromatic heterocycles. The molecular weight excluding hydrogens is 369 g/mol. The first-order valence-corrected chi connectivity index (χ1v) is 6.43. The Hall–Kier alpha value is -1.11. The molecule has 0 spiro atoms. The third kappa shape index (κ3) is 3.94. The lowest BCUT2D eigenvalue weighted by Gasteiger charge is -2.09. The van der Waals surface area contributed by atoms with Crippen molar-refractivity contribution in [1.29, 1.82) is 0 Å². The quantitative estimate of drug-likeness (QED) is 0.602. The zero-order valence-corrected chi connectivity index (χ0v) is 14.1. The van der Waals surface area contributed by atoms with E-state index in [0.29, 0.717) is 11.6 Å². The summed E-state index contributed by atoms with van der Waals surface area (Å²) in [6.07, 6.45) is 3.55. The fraction of sp³-hybridized carbons (Fsp3) is 0.250. The zero-order chi connectivity index (χ0) is 13.1. The van der Waals surface area contributed by atoms with Crippen LogP contribution in [0.1, 0.15) is 16.2 Å². The Morgan fingerprint density at radius 2 is 2.10 bits per heavy atom. The van der Waals surface area contributed by atoms with Crippen LogP contribution < -0.4 is 4.74 Å². The molecule has 2 heterocycles. The van der Waals surface area contributed by atoms with Crippen molar-refractivity contribution in [1.82, 2.24) is 14.5 Å². The maximum Gasteiger partial charge on any atom is 0.238 e. The van der Waals surface area contributed by atoms with Gasteiger partial charge in [0.25, 0.3) is 0 Å². The largest absolute Gasteiger partial charge is 0.479 e. The first kappa shape index (κ1) is 18.9. The lowest BCUT2D eigenvalue weighted by molar-refractivity contribution is 0.101. The minimum Gasteiger partial charge on any atom is -0.479 e. The molecule has 20 heavy (non-hydrogen) atoms. The molecule has 2 rings (SSSR count). The van der Waals surface area contributed by atoms with E-state index in [1.807, 2.05) is 17.7 Å². The molecule has 0 aromatic carbocycles. The third-order valence-corrected chi connectivity index (χ3v) is 2.94. The van der Waals surface area contributed by atoms with E-state index in [2.05, 4.69) is 25.9 Å². The van der Waals surface area contributed by atoms with E-state index in [1.54, 1.807) is 18.5 Å². The molecule has 0 aliphatic carbocycles. The van der Waals surface area contributed by atoms with E-state index in [4.69, 9.17) is 4.74 Å². The van der Waals surface area contributed by atoms with Gasteiger partial charge in [-0.05, 0) is 19.1 Å². The normalized spacial score (nSPS) is 9.35. The summed E-state index contributed by atoms with van der Waals surface area (Å²) in [4.78, 5) is 19.9. The van der Waals surface area contributed by atoms with Gasteiger partial charge in [0, 0.05) is 6.20 Å². The van der Waals surface area contributed by atoms with Gasteiger partial charge in [0.05, 0.1) is 24.5 Å². The van der Waals surface area contributed by atoms with Gasteiger partial charge in [-0.2, -0.15) is 0 Å². The molecule has 0 aliphatic heterocycles. The van der Waals surface area contributed by atoms with Crippen LogP contribution in [0, 0.1) is 6.92 Å². The number of methoxy groups -OCH3 is 1. The van der Waals surface area contributed by atoms with Gasteiger partial charge in [0.1, 0.15) is 11.4 Å². The van der Waals surface area contributed by atoms with Gasteiger partial charge in [-0.25, -0.2) is 9.97 Å². The number of aromatic nitrogens is 3. The van der Waals surface area contributed by atoms with Crippen molar-refractivity contribution < 1.29 is 9.53 Å². The standard InChI is InChI=1S/C12H12BrN3O2.2ClH/c1-8-6-16(7-14-8)10-4-3-9(11(17)5-13)15-12(10)18-2;;/h3-4,6-7H,5H2,1-2H3;2*1H. The van der Waals surface area contributed by atoms with Crippen LogP contribution in [0.25, 0.3) is 5.69 Å². The summed E-state index contributed by atoms with van der Waals surface area (Å²) in [5, 5.41) is 0.243. The van der Waals surface area contributed by atoms with Crippen molar-refractivity contribution in [3.8, 4) is 11.6 Å². The lowest BCUT2D eigenvalue weighted by Crippen LogP contribution is -2.06. The number of rotatable bonds is 4. The molecule has 8 heteroatoms. The van der Waals surface area contributed by atoms with Gasteiger partial charge in [-0.3, -0.25) is 4.79 Å². The van der Waals surface area contributed by atoms with Crippen molar-refractivity contribution in [3.05, 3.63) is 36.0 Å². The Morgan fingerprint density at radius 1 is 1.40 bits per heavy atom. The molecule has 0 fully saturated rings. The molecule has 5 nitrogen and oxygen atoms in total. The highest BCUT2D eigenvalue weighted by Gasteiger charge is 2.12. The summed E-state index contributed by atoms with van der Waals surface area (Å²) in [6, 6.07) is 3.47. The molecule has 0 unspecified atom stereocenters. The van der Waals surface area contributed by atoms with Crippen LogP contribution in [-0.4, -0.2) is 32.8 Å². The molecule has 2 aromatic rings. The predicted octanol–water partition coefficient (Wildman–Crippen LogP) is 3.01. The predicted molar refractivity (Wildman–Crippen MR) is 85.3 cm³/mol. The summed E-state index contributed by atoms with van der Waals surface area (Å²) in [6.45, 7) is 1.90. The minimum atomic E-state index is -0.0818. The Labute approximate surface area is 137 Å². The number of aryl methyl sites for hydroxylation is 1. The van der Waals surface area contributed by atoms with Crippen molar-refractivity contribution in [2.24, 2.45) is 0 Å². The summed E-state index contributed by atoms with van der Waals surface area (Å²) in [7, 11) is 1.53. The molecular formula is C12H14BrCl2N3O2. The number of carbonyl (C=O) groups excluding carboxylic acids is 1. The Bertz CT molecular complexity index is 590. The van der Waals surface area contributed by atoms with Crippen LogP contribution in [0.3, 0.4) is 0 Å². The average Bonchev–Trinajstić information content (AvgIpc) is 2.83. The van der Waals surface area contributed by atoms with Crippen molar-refractivity contribution in [3.63, 3.8) is 0 Å². The summed E-state index contributed by atoms with van der Waals surface area (Å²) in [5.41, 5.74) is 2.03. The van der Waals surface area contributed by atoms with E-state index in [9.17, 15) is 4.79 Å². The maximum atomic E-state index is 11.5. The van der Waals surface area contributed by atoms with Crippen molar-refractivity contribution >= 4 is 46.5 Å². The van der Waals surface area contributed by atoms with E-state index in [1.165, 1.54) is 7.11 Å². The number of pyridine rings is 1. The number of halogens is 3. The smallest absolute Gasteiger partial charge is 0.238 e. The molecule has 0 amide bonds. The zero-order valence-electron chi connectivity index (χ0n) is 10.9. The first-order chi connectivity index (χ1) is 8.65. The molecule has 0 bridgehead atoms. The number of carbonyl (C=O) groups is 1. The number of ketones is 1. The van der Waals surface area contributed by atoms with Crippen LogP contribution in [0.5, 0.6) is 5.88 Å². The first-order valence-electron chi connectivity index (χ1n) is 5.31. The van der Waals surface area contributed by atoms with Crippen LogP contribution in [0.15, 0.2) is 24.7 Å². The van der Waals surface area contributed by atoms with Crippen LogP contribution in [0.2, 0.25) is 0 Å². The number of alkyl halides is 1. The van der Waals surface area contributed by atoms with Crippen molar-refractivity contribution in [2.75, 3.05) is 12.4 Å². The van der Waals surface area contributed by atoms with Gasteiger partial charge < -0.3 is 9.30 Å². The second-order valence-corrected chi connectivity index (χ2v) is 4.26. The van der Waals surface area contributed by atoms with E-state index < -0.39 is 0 Å². The minimum absolute atomic E-state index is 0. The van der Waals surface area contributed by atoms with Crippen LogP contribution in [-0.2, 0) is 0 Å². The van der Waals surface area contributed by atoms with Gasteiger partial charge in [-0.15, -0.1) is 24.8 Å². The van der Waals surface area contributed by atoms with E-state index in [0.717, 1.165) is 11.4 Å². The molecule has 0 N–H and O–H groups in total. The summed E-state index contributed by atoms with van der Waals surface area (Å²) < 4.78 is 7.03. The molecule has 0 aliphatic rings. The van der Waals surface area contributed by atoms with Crippen molar-refractivity contribution in [2.45, 2.75) is 6.92 Å². The average molecular weight is 383 g/mol. The van der Waals surface area contributed by atoms with Gasteiger partial charge >= 0.3 is 0 Å². The third-order valence-electron chi connectivity index (χ3n) is 2.43. The van der Waals surface area contributed by atoms with E-state index in [-0.39, 0.29) is 35.9 Å². The topological polar surface area (TPSA) is 57.0 Å². The van der Waals surface area contributed by atoms with Gasteiger partial charge in [0.2, 0.25) is 5.88 Å². The highest BCUT2D eigenvalue weighted by Crippen LogP contribution is 2.21. The highest BCUT2D eigenvalue weighted by molar-refractivity contribution is 9.09. The number of imidazole rings is 1. The maximum absolute atomic E-state index is 11.5. The number of Topliss-reactive ketones (excluding diaryl/α,β-unsaturated/α-hetero) is 1. The Kier molecular flexibility index (Phi) is 7.78. The van der Waals surface area contributed by atoms with Crippen LogP contribution in [0.4, 0.5) is 0 Å². The molecule has 0 saturated carbocycles. The second-order valence-electron chi connectivity index (χ2n) is 3.70. The Balaban J connectivity index is 0.00000180.